The summed E-state index contributed by atoms with van der Waals surface area (Å²) in [4.78, 5) is 0. The highest BCUT2D eigenvalue weighted by Crippen LogP contribution is 2.61. The average molecular weight is 403 g/mol. The molecule has 4 saturated carbocycles. The first-order valence-electron chi connectivity index (χ1n) is 10.9. The fraction of sp³-hybridized carbons (Fsp3) is 0.440. The Morgan fingerprint density at radius 1 is 0.793 bits per heavy atom. The molecule has 2 aromatic carbocycles. The van der Waals surface area contributed by atoms with Gasteiger partial charge in [0, 0.05) is 5.41 Å². The van der Waals surface area contributed by atoms with Crippen LogP contribution in [0.5, 0.6) is 5.75 Å². The van der Waals surface area contributed by atoms with Crippen LogP contribution < -0.4 is 4.74 Å². The van der Waals surface area contributed by atoms with Crippen LogP contribution in [-0.4, -0.2) is 10.2 Å². The number of hydrogen-bond donors (Lipinski definition) is 0. The lowest BCUT2D eigenvalue weighted by molar-refractivity contribution is -0.00556. The summed E-state index contributed by atoms with van der Waals surface area (Å²) in [6.45, 7) is 0.509. The minimum atomic E-state index is 0.335. The zero-order chi connectivity index (χ0) is 19.3. The molecule has 4 bridgehead atoms. The second kappa shape index (κ2) is 6.94. The van der Waals surface area contributed by atoms with Crippen LogP contribution >= 0.6 is 11.3 Å². The molecule has 0 amide bonds. The molecule has 148 valence electrons. The zero-order valence-electron chi connectivity index (χ0n) is 16.6. The number of benzene rings is 2. The van der Waals surface area contributed by atoms with Crippen molar-refractivity contribution in [3.8, 4) is 16.9 Å². The van der Waals surface area contributed by atoms with Crippen LogP contribution in [0.4, 0.5) is 0 Å². The first-order valence-corrected chi connectivity index (χ1v) is 11.7. The van der Waals surface area contributed by atoms with Crippen molar-refractivity contribution in [1.29, 1.82) is 0 Å². The SMILES string of the molecule is c1ccc(-c2ccc(OCc3nnc(C45CC6CC(CC(C6)C4)C5)s3)cc2)cc1. The van der Waals surface area contributed by atoms with Crippen molar-refractivity contribution in [2.45, 2.75) is 50.5 Å². The molecule has 0 N–H and O–H groups in total. The Morgan fingerprint density at radius 2 is 1.41 bits per heavy atom. The number of nitrogens with zero attached hydrogens (tertiary/aromatic N) is 2. The van der Waals surface area contributed by atoms with E-state index in [9.17, 15) is 0 Å². The molecule has 4 fully saturated rings. The Kier molecular flexibility index (Phi) is 4.22. The van der Waals surface area contributed by atoms with Crippen LogP contribution in [0.1, 0.15) is 48.5 Å². The standard InChI is InChI=1S/C25H26N2OS/c1-2-4-20(5-3-1)21-6-8-22(9-7-21)28-16-23-26-27-24(29-23)25-13-17-10-18(14-25)12-19(11-17)15-25/h1-9,17-19H,10-16H2. The number of ether oxygens (including phenoxy) is 1. The lowest BCUT2D eigenvalue weighted by atomic mass is 9.50. The summed E-state index contributed by atoms with van der Waals surface area (Å²) in [6, 6.07) is 18.8. The molecule has 0 atom stereocenters. The highest BCUT2D eigenvalue weighted by atomic mass is 32.1. The summed E-state index contributed by atoms with van der Waals surface area (Å²) in [5.74, 6) is 3.70. The van der Waals surface area contributed by atoms with Gasteiger partial charge in [-0.05, 0) is 79.5 Å². The van der Waals surface area contributed by atoms with E-state index in [4.69, 9.17) is 4.74 Å². The van der Waals surface area contributed by atoms with E-state index >= 15 is 0 Å². The third-order valence-corrected chi connectivity index (χ3v) is 8.43. The van der Waals surface area contributed by atoms with Crippen molar-refractivity contribution in [1.82, 2.24) is 10.2 Å². The zero-order valence-corrected chi connectivity index (χ0v) is 17.4. The molecule has 1 aromatic heterocycles. The molecule has 3 aromatic rings. The highest BCUT2D eigenvalue weighted by Gasteiger charge is 2.53. The van der Waals surface area contributed by atoms with Gasteiger partial charge in [-0.1, -0.05) is 53.8 Å². The van der Waals surface area contributed by atoms with Crippen LogP contribution in [0, 0.1) is 17.8 Å². The Hall–Kier alpha value is -2.20. The van der Waals surface area contributed by atoms with Gasteiger partial charge in [-0.25, -0.2) is 0 Å². The van der Waals surface area contributed by atoms with E-state index in [2.05, 4.69) is 46.6 Å². The smallest absolute Gasteiger partial charge is 0.155 e. The Bertz CT molecular complexity index is 960. The third-order valence-electron chi connectivity index (χ3n) is 7.28. The van der Waals surface area contributed by atoms with E-state index in [1.165, 1.54) is 54.7 Å². The van der Waals surface area contributed by atoms with E-state index in [1.54, 1.807) is 11.3 Å². The van der Waals surface area contributed by atoms with Gasteiger partial charge in [-0.15, -0.1) is 10.2 Å². The topological polar surface area (TPSA) is 35.0 Å². The Morgan fingerprint density at radius 3 is 2.07 bits per heavy atom. The van der Waals surface area contributed by atoms with Crippen molar-refractivity contribution in [2.24, 2.45) is 17.8 Å². The predicted molar refractivity (Wildman–Crippen MR) is 116 cm³/mol. The maximum absolute atomic E-state index is 6.02. The van der Waals surface area contributed by atoms with Gasteiger partial charge >= 0.3 is 0 Å². The van der Waals surface area contributed by atoms with Gasteiger partial charge in [0.15, 0.2) is 5.01 Å². The van der Waals surface area contributed by atoms with Crippen LogP contribution in [0.25, 0.3) is 11.1 Å². The summed E-state index contributed by atoms with van der Waals surface area (Å²) < 4.78 is 6.02. The summed E-state index contributed by atoms with van der Waals surface area (Å²) in [5.41, 5.74) is 2.77. The van der Waals surface area contributed by atoms with Crippen molar-refractivity contribution >= 4 is 11.3 Å². The largest absolute Gasteiger partial charge is 0.486 e. The van der Waals surface area contributed by atoms with Gasteiger partial charge in [0.05, 0.1) is 0 Å². The molecule has 4 heteroatoms. The van der Waals surface area contributed by atoms with Crippen LogP contribution in [0.3, 0.4) is 0 Å². The molecular formula is C25H26N2OS. The van der Waals surface area contributed by atoms with Gasteiger partial charge in [-0.3, -0.25) is 0 Å². The average Bonchev–Trinajstić information content (AvgIpc) is 3.22. The molecule has 0 radical (unpaired) electrons. The number of aromatic nitrogens is 2. The minimum Gasteiger partial charge on any atom is -0.486 e. The molecule has 0 saturated heterocycles. The summed E-state index contributed by atoms with van der Waals surface area (Å²) >= 11 is 1.79. The van der Waals surface area contributed by atoms with Gasteiger partial charge in [0.25, 0.3) is 0 Å². The summed E-state index contributed by atoms with van der Waals surface area (Å²) in [5, 5.41) is 11.4. The first kappa shape index (κ1) is 17.6. The van der Waals surface area contributed by atoms with E-state index < -0.39 is 0 Å². The number of hydrogen-bond acceptors (Lipinski definition) is 4. The van der Waals surface area contributed by atoms with Crippen molar-refractivity contribution in [2.75, 3.05) is 0 Å². The minimum absolute atomic E-state index is 0.335. The molecule has 0 aliphatic heterocycles. The van der Waals surface area contributed by atoms with Crippen molar-refractivity contribution < 1.29 is 4.74 Å². The Labute approximate surface area is 176 Å². The van der Waals surface area contributed by atoms with Crippen LogP contribution in [0.15, 0.2) is 54.6 Å². The quantitative estimate of drug-likeness (QED) is 0.506. The molecule has 0 unspecified atom stereocenters. The fourth-order valence-corrected chi connectivity index (χ4v) is 7.39. The lowest BCUT2D eigenvalue weighted by Crippen LogP contribution is -2.48. The van der Waals surface area contributed by atoms with Crippen molar-refractivity contribution in [3.63, 3.8) is 0 Å². The number of rotatable bonds is 5. The highest BCUT2D eigenvalue weighted by molar-refractivity contribution is 7.11. The molecule has 3 nitrogen and oxygen atoms in total. The van der Waals surface area contributed by atoms with Gasteiger partial charge in [0.2, 0.25) is 0 Å². The summed E-state index contributed by atoms with van der Waals surface area (Å²) in [7, 11) is 0. The van der Waals surface area contributed by atoms with Crippen LogP contribution in [0.2, 0.25) is 0 Å². The van der Waals surface area contributed by atoms with E-state index in [1.807, 2.05) is 18.2 Å². The fourth-order valence-electron chi connectivity index (χ4n) is 6.42. The van der Waals surface area contributed by atoms with E-state index in [0.717, 1.165) is 28.5 Å². The Balaban J connectivity index is 1.13. The second-order valence-corrected chi connectivity index (χ2v) is 10.4. The maximum Gasteiger partial charge on any atom is 0.155 e. The van der Waals surface area contributed by atoms with Gasteiger partial charge in [-0.2, -0.15) is 0 Å². The summed E-state index contributed by atoms with van der Waals surface area (Å²) in [6.07, 6.45) is 8.42. The normalized spacial score (nSPS) is 29.9. The monoisotopic (exact) mass is 402 g/mol. The van der Waals surface area contributed by atoms with Crippen LogP contribution in [-0.2, 0) is 12.0 Å². The maximum atomic E-state index is 6.02. The third kappa shape index (κ3) is 3.28. The first-order chi connectivity index (χ1) is 14.3. The lowest BCUT2D eigenvalue weighted by Gasteiger charge is -2.55. The molecule has 7 rings (SSSR count). The molecular weight excluding hydrogens is 376 g/mol. The predicted octanol–water partition coefficient (Wildman–Crippen LogP) is 6.25. The van der Waals surface area contributed by atoms with Gasteiger partial charge in [0.1, 0.15) is 17.4 Å². The molecule has 29 heavy (non-hydrogen) atoms. The van der Waals surface area contributed by atoms with Crippen molar-refractivity contribution in [3.05, 3.63) is 64.6 Å². The second-order valence-electron chi connectivity index (χ2n) is 9.38. The van der Waals surface area contributed by atoms with E-state index in [0.29, 0.717) is 12.0 Å². The molecule has 4 aliphatic carbocycles. The molecule has 0 spiro atoms. The van der Waals surface area contributed by atoms with Gasteiger partial charge < -0.3 is 4.74 Å². The molecule has 1 heterocycles. The van der Waals surface area contributed by atoms with E-state index in [-0.39, 0.29) is 0 Å². The molecule has 4 aliphatic rings.